The van der Waals surface area contributed by atoms with Crippen LogP contribution >= 0.6 is 38.9 Å². The number of thiophene rings is 1. The predicted molar refractivity (Wildman–Crippen MR) is 65.1 cm³/mol. The van der Waals surface area contributed by atoms with Crippen LogP contribution in [0.2, 0.25) is 0 Å². The summed E-state index contributed by atoms with van der Waals surface area (Å²) in [5.41, 5.74) is 0. The van der Waals surface area contributed by atoms with Gasteiger partial charge in [0.2, 0.25) is 0 Å². The quantitative estimate of drug-likeness (QED) is 0.845. The molecule has 1 heterocycles. The van der Waals surface area contributed by atoms with E-state index in [1.165, 1.54) is 4.88 Å². The summed E-state index contributed by atoms with van der Waals surface area (Å²) in [5, 5.41) is 11.4. The molecule has 1 aromatic rings. The van der Waals surface area contributed by atoms with Crippen LogP contribution in [-0.2, 0) is 6.54 Å². The van der Waals surface area contributed by atoms with E-state index >= 15 is 0 Å². The van der Waals surface area contributed by atoms with Crippen LogP contribution in [0.3, 0.4) is 0 Å². The Bertz CT molecular complexity index is 282. The first-order valence-electron chi connectivity index (χ1n) is 4.27. The lowest BCUT2D eigenvalue weighted by Gasteiger charge is -2.18. The fraction of sp³-hybridized carbons (Fsp3) is 0.556. The van der Waals surface area contributed by atoms with Crippen molar-refractivity contribution in [3.63, 3.8) is 0 Å². The van der Waals surface area contributed by atoms with Crippen molar-refractivity contribution in [1.82, 2.24) is 4.90 Å². The lowest BCUT2D eigenvalue weighted by Crippen LogP contribution is -2.29. The van der Waals surface area contributed by atoms with Crippen LogP contribution in [0.4, 0.5) is 0 Å². The number of hydrogen-bond acceptors (Lipinski definition) is 3. The van der Waals surface area contributed by atoms with Crippen LogP contribution in [0.25, 0.3) is 0 Å². The van der Waals surface area contributed by atoms with Gasteiger partial charge in [-0.1, -0.05) is 0 Å². The Hall–Kier alpha value is 0.390. The van der Waals surface area contributed by atoms with Crippen molar-refractivity contribution in [3.8, 4) is 0 Å². The average Bonchev–Trinajstić information content (AvgIpc) is 2.50. The van der Waals surface area contributed by atoms with Crippen LogP contribution in [0.1, 0.15) is 4.88 Å². The molecule has 1 aromatic heterocycles. The zero-order valence-corrected chi connectivity index (χ0v) is 11.1. The van der Waals surface area contributed by atoms with E-state index in [0.29, 0.717) is 12.4 Å². The molecule has 0 spiro atoms. The molecule has 0 amide bonds. The molecule has 14 heavy (non-hydrogen) atoms. The van der Waals surface area contributed by atoms with Crippen molar-refractivity contribution >= 4 is 38.9 Å². The molecule has 1 rings (SSSR count). The van der Waals surface area contributed by atoms with Crippen molar-refractivity contribution in [2.24, 2.45) is 0 Å². The van der Waals surface area contributed by atoms with Crippen molar-refractivity contribution in [3.05, 3.63) is 20.8 Å². The third kappa shape index (κ3) is 4.28. The van der Waals surface area contributed by atoms with Crippen molar-refractivity contribution < 1.29 is 5.11 Å². The molecule has 0 aliphatic carbocycles. The Morgan fingerprint density at radius 3 is 2.93 bits per heavy atom. The number of halogens is 2. The van der Waals surface area contributed by atoms with Gasteiger partial charge in [0.25, 0.3) is 0 Å². The summed E-state index contributed by atoms with van der Waals surface area (Å²) in [7, 11) is 1.98. The highest BCUT2D eigenvalue weighted by Crippen LogP contribution is 2.20. The van der Waals surface area contributed by atoms with E-state index in [-0.39, 0.29) is 0 Å². The summed E-state index contributed by atoms with van der Waals surface area (Å²) in [6.07, 6.45) is -0.440. The van der Waals surface area contributed by atoms with Crippen LogP contribution in [0.15, 0.2) is 15.9 Å². The van der Waals surface area contributed by atoms with E-state index in [4.69, 9.17) is 11.6 Å². The van der Waals surface area contributed by atoms with E-state index in [1.54, 1.807) is 11.3 Å². The molecule has 0 aliphatic rings. The molecule has 0 saturated heterocycles. The number of likely N-dealkylation sites (N-methyl/N-ethyl adjacent to an activating group) is 1. The number of rotatable bonds is 5. The maximum absolute atomic E-state index is 9.33. The summed E-state index contributed by atoms with van der Waals surface area (Å²) >= 11 is 10.6. The largest absolute Gasteiger partial charge is 0.391 e. The molecule has 1 unspecified atom stereocenters. The van der Waals surface area contributed by atoms with Crippen molar-refractivity contribution in [2.45, 2.75) is 12.6 Å². The summed E-state index contributed by atoms with van der Waals surface area (Å²) in [6.45, 7) is 1.46. The van der Waals surface area contributed by atoms with Crippen LogP contribution in [-0.4, -0.2) is 35.6 Å². The monoisotopic (exact) mass is 297 g/mol. The molecule has 80 valence electrons. The Morgan fingerprint density at radius 2 is 2.43 bits per heavy atom. The summed E-state index contributed by atoms with van der Waals surface area (Å²) < 4.78 is 1.11. The number of alkyl halides is 1. The molecular weight excluding hydrogens is 286 g/mol. The third-order valence-corrected chi connectivity index (χ3v) is 3.79. The average molecular weight is 299 g/mol. The molecule has 2 nitrogen and oxygen atoms in total. The Balaban J connectivity index is 2.37. The van der Waals surface area contributed by atoms with E-state index < -0.39 is 6.10 Å². The van der Waals surface area contributed by atoms with Gasteiger partial charge in [-0.05, 0) is 29.0 Å². The molecule has 0 fully saturated rings. The summed E-state index contributed by atoms with van der Waals surface area (Å²) in [4.78, 5) is 3.34. The molecule has 0 radical (unpaired) electrons. The van der Waals surface area contributed by atoms with Crippen molar-refractivity contribution in [1.29, 1.82) is 0 Å². The van der Waals surface area contributed by atoms with Gasteiger partial charge in [-0.15, -0.1) is 22.9 Å². The van der Waals surface area contributed by atoms with Gasteiger partial charge in [0.05, 0.1) is 6.10 Å². The number of hydrogen-bond donors (Lipinski definition) is 1. The van der Waals surface area contributed by atoms with Crippen LogP contribution < -0.4 is 0 Å². The van der Waals surface area contributed by atoms with Gasteiger partial charge in [-0.3, -0.25) is 4.90 Å². The van der Waals surface area contributed by atoms with Crippen LogP contribution in [0.5, 0.6) is 0 Å². The second-order valence-electron chi connectivity index (χ2n) is 3.24. The minimum absolute atomic E-state index is 0.290. The predicted octanol–water partition coefficient (Wildman–Crippen LogP) is 2.54. The summed E-state index contributed by atoms with van der Waals surface area (Å²) in [6, 6.07) is 2.09. The van der Waals surface area contributed by atoms with E-state index in [9.17, 15) is 5.11 Å². The molecule has 1 atom stereocenters. The smallest absolute Gasteiger partial charge is 0.0802 e. The Morgan fingerprint density at radius 1 is 1.71 bits per heavy atom. The highest BCUT2D eigenvalue weighted by Gasteiger charge is 2.08. The van der Waals surface area contributed by atoms with Crippen molar-refractivity contribution in [2.75, 3.05) is 19.5 Å². The SMILES string of the molecule is CN(Cc1cc(Br)cs1)CC(O)CCl. The van der Waals surface area contributed by atoms with Gasteiger partial charge in [0.1, 0.15) is 0 Å². The zero-order chi connectivity index (χ0) is 10.6. The number of aliphatic hydroxyl groups is 1. The fourth-order valence-corrected chi connectivity index (χ4v) is 2.80. The highest BCUT2D eigenvalue weighted by molar-refractivity contribution is 9.10. The first kappa shape index (κ1) is 12.5. The Labute approximate surface area is 102 Å². The number of nitrogens with zero attached hydrogens (tertiary/aromatic N) is 1. The zero-order valence-electron chi connectivity index (χ0n) is 7.91. The van der Waals surface area contributed by atoms with E-state index in [0.717, 1.165) is 11.0 Å². The minimum Gasteiger partial charge on any atom is -0.391 e. The normalized spacial score (nSPS) is 13.5. The minimum atomic E-state index is -0.440. The van der Waals surface area contributed by atoms with Gasteiger partial charge in [0, 0.05) is 33.7 Å². The topological polar surface area (TPSA) is 23.5 Å². The second kappa shape index (κ2) is 6.08. The molecule has 1 N–H and O–H groups in total. The van der Waals surface area contributed by atoms with E-state index in [1.807, 2.05) is 7.05 Å². The third-order valence-electron chi connectivity index (χ3n) is 1.75. The number of aliphatic hydroxyl groups excluding tert-OH is 1. The maximum Gasteiger partial charge on any atom is 0.0802 e. The van der Waals surface area contributed by atoms with Crippen LogP contribution in [0, 0.1) is 0 Å². The van der Waals surface area contributed by atoms with Gasteiger partial charge in [-0.2, -0.15) is 0 Å². The first-order valence-corrected chi connectivity index (χ1v) is 6.48. The molecule has 0 bridgehead atoms. The van der Waals surface area contributed by atoms with Gasteiger partial charge >= 0.3 is 0 Å². The van der Waals surface area contributed by atoms with Gasteiger partial charge in [-0.25, -0.2) is 0 Å². The lowest BCUT2D eigenvalue weighted by atomic mass is 10.3. The summed E-state index contributed by atoms with van der Waals surface area (Å²) in [5.74, 6) is 0.290. The maximum atomic E-state index is 9.33. The van der Waals surface area contributed by atoms with Gasteiger partial charge in [0.15, 0.2) is 0 Å². The lowest BCUT2D eigenvalue weighted by molar-refractivity contribution is 0.141. The standard InChI is InChI=1S/C9H13BrClNOS/c1-12(4-8(13)3-11)5-9-2-7(10)6-14-9/h2,6,8,13H,3-5H2,1H3. The van der Waals surface area contributed by atoms with Gasteiger partial charge < -0.3 is 5.11 Å². The second-order valence-corrected chi connectivity index (χ2v) is 5.46. The molecule has 0 saturated carbocycles. The molecule has 0 aliphatic heterocycles. The molecule has 5 heteroatoms. The molecule has 0 aromatic carbocycles. The first-order chi connectivity index (χ1) is 6.61. The van der Waals surface area contributed by atoms with E-state index in [2.05, 4.69) is 32.3 Å². The molecular formula is C9H13BrClNOS. The Kier molecular flexibility index (Phi) is 5.41. The highest BCUT2D eigenvalue weighted by atomic mass is 79.9. The fourth-order valence-electron chi connectivity index (χ4n) is 1.18.